The minimum atomic E-state index is -0.0704. The highest BCUT2D eigenvalue weighted by Crippen LogP contribution is 2.22. The summed E-state index contributed by atoms with van der Waals surface area (Å²) in [6.45, 7) is 4.02. The number of carbonyl (C=O) groups is 2. The summed E-state index contributed by atoms with van der Waals surface area (Å²) in [4.78, 5) is 23.6. The zero-order chi connectivity index (χ0) is 12.1. The Morgan fingerprint density at radius 3 is 2.62 bits per heavy atom. The molecule has 0 aliphatic carbocycles. The van der Waals surface area contributed by atoms with E-state index in [9.17, 15) is 9.59 Å². The monoisotopic (exact) mass is 303 g/mol. The van der Waals surface area contributed by atoms with E-state index < -0.39 is 0 Å². The number of thiophene rings is 1. The standard InChI is InChI=1S/C11H14BrNO2S/c1-7(2)5-11(15)13-6-8(14)9-3-4-10(12)16-9/h3-4,7H,5-6H2,1-2H3,(H,13,15). The molecular weight excluding hydrogens is 290 g/mol. The third-order valence-electron chi connectivity index (χ3n) is 1.89. The van der Waals surface area contributed by atoms with Crippen molar-refractivity contribution in [3.05, 3.63) is 20.8 Å². The second-order valence-electron chi connectivity index (χ2n) is 3.90. The summed E-state index contributed by atoms with van der Waals surface area (Å²) >= 11 is 4.67. The van der Waals surface area contributed by atoms with Gasteiger partial charge in [-0.3, -0.25) is 9.59 Å². The molecule has 1 heterocycles. The van der Waals surface area contributed by atoms with E-state index in [0.717, 1.165) is 3.79 Å². The number of hydrogen-bond donors (Lipinski definition) is 1. The molecule has 0 fully saturated rings. The molecule has 0 radical (unpaired) electrons. The van der Waals surface area contributed by atoms with Crippen molar-refractivity contribution in [2.45, 2.75) is 20.3 Å². The molecule has 3 nitrogen and oxygen atoms in total. The van der Waals surface area contributed by atoms with Crippen molar-refractivity contribution in [1.82, 2.24) is 5.32 Å². The van der Waals surface area contributed by atoms with E-state index in [1.165, 1.54) is 11.3 Å². The molecule has 0 aromatic carbocycles. The smallest absolute Gasteiger partial charge is 0.220 e. The number of nitrogens with one attached hydrogen (secondary N) is 1. The lowest BCUT2D eigenvalue weighted by Crippen LogP contribution is -2.29. The van der Waals surface area contributed by atoms with Crippen LogP contribution in [0, 0.1) is 5.92 Å². The molecular formula is C11H14BrNO2S. The summed E-state index contributed by atoms with van der Waals surface area (Å²) in [6.07, 6.45) is 0.460. The van der Waals surface area contributed by atoms with Gasteiger partial charge in [0.15, 0.2) is 5.78 Å². The number of halogens is 1. The van der Waals surface area contributed by atoms with Crippen LogP contribution in [0.15, 0.2) is 15.9 Å². The predicted molar refractivity (Wildman–Crippen MR) is 68.8 cm³/mol. The molecule has 88 valence electrons. The normalized spacial score (nSPS) is 10.5. The molecule has 1 aromatic rings. The first kappa shape index (κ1) is 13.4. The van der Waals surface area contributed by atoms with Crippen LogP contribution in [0.1, 0.15) is 29.9 Å². The highest BCUT2D eigenvalue weighted by atomic mass is 79.9. The summed E-state index contributed by atoms with van der Waals surface area (Å²) in [6, 6.07) is 3.58. The molecule has 1 aromatic heterocycles. The molecule has 0 bridgehead atoms. The Balaban J connectivity index is 2.38. The Morgan fingerprint density at radius 2 is 2.12 bits per heavy atom. The first-order valence-corrected chi connectivity index (χ1v) is 6.65. The van der Waals surface area contributed by atoms with E-state index in [1.807, 2.05) is 19.9 Å². The number of ketones is 1. The van der Waals surface area contributed by atoms with E-state index >= 15 is 0 Å². The van der Waals surface area contributed by atoms with E-state index in [-0.39, 0.29) is 18.2 Å². The number of rotatable bonds is 5. The molecule has 1 N–H and O–H groups in total. The van der Waals surface area contributed by atoms with Crippen molar-refractivity contribution < 1.29 is 9.59 Å². The maximum atomic E-state index is 11.6. The van der Waals surface area contributed by atoms with Gasteiger partial charge >= 0.3 is 0 Å². The number of carbonyl (C=O) groups excluding carboxylic acids is 2. The fourth-order valence-corrected chi connectivity index (χ4v) is 2.50. The van der Waals surface area contributed by atoms with Crippen molar-refractivity contribution in [1.29, 1.82) is 0 Å². The average molecular weight is 304 g/mol. The van der Waals surface area contributed by atoms with Gasteiger partial charge in [0.1, 0.15) is 0 Å². The second-order valence-corrected chi connectivity index (χ2v) is 6.36. The van der Waals surface area contributed by atoms with Gasteiger partial charge in [0.05, 0.1) is 15.2 Å². The lowest BCUT2D eigenvalue weighted by molar-refractivity contribution is -0.121. The van der Waals surface area contributed by atoms with Crippen molar-refractivity contribution in [3.8, 4) is 0 Å². The maximum absolute atomic E-state index is 11.6. The predicted octanol–water partition coefficient (Wildman–Crippen LogP) is 2.86. The van der Waals surface area contributed by atoms with Gasteiger partial charge in [-0.2, -0.15) is 0 Å². The Labute approximate surface area is 107 Å². The fraction of sp³-hybridized carbons (Fsp3) is 0.455. The van der Waals surface area contributed by atoms with Crippen LogP contribution >= 0.6 is 27.3 Å². The average Bonchev–Trinajstić information content (AvgIpc) is 2.60. The topological polar surface area (TPSA) is 46.2 Å². The van der Waals surface area contributed by atoms with Crippen LogP contribution in [0.25, 0.3) is 0 Å². The van der Waals surface area contributed by atoms with Gasteiger partial charge in [-0.05, 0) is 34.0 Å². The Hall–Kier alpha value is -0.680. The van der Waals surface area contributed by atoms with Crippen LogP contribution in [0.4, 0.5) is 0 Å². The van der Waals surface area contributed by atoms with Gasteiger partial charge in [0, 0.05) is 6.42 Å². The highest BCUT2D eigenvalue weighted by molar-refractivity contribution is 9.11. The Morgan fingerprint density at radius 1 is 1.44 bits per heavy atom. The molecule has 1 amide bonds. The van der Waals surface area contributed by atoms with Gasteiger partial charge < -0.3 is 5.32 Å². The quantitative estimate of drug-likeness (QED) is 0.850. The van der Waals surface area contributed by atoms with Crippen molar-refractivity contribution >= 4 is 39.0 Å². The van der Waals surface area contributed by atoms with Crippen LogP contribution in [-0.4, -0.2) is 18.2 Å². The van der Waals surface area contributed by atoms with Crippen molar-refractivity contribution in [3.63, 3.8) is 0 Å². The molecule has 0 aliphatic heterocycles. The summed E-state index contributed by atoms with van der Waals surface area (Å²) in [7, 11) is 0. The van der Waals surface area contributed by atoms with Crippen LogP contribution in [-0.2, 0) is 4.79 Å². The minimum Gasteiger partial charge on any atom is -0.349 e. The number of Topliss-reactive ketones (excluding diaryl/α,β-unsaturated/α-hetero) is 1. The second kappa shape index (κ2) is 6.15. The maximum Gasteiger partial charge on any atom is 0.220 e. The van der Waals surface area contributed by atoms with E-state index in [4.69, 9.17) is 0 Å². The van der Waals surface area contributed by atoms with E-state index in [1.54, 1.807) is 6.07 Å². The Bertz CT molecular complexity index is 387. The summed E-state index contributed by atoms with van der Waals surface area (Å²) in [5, 5.41) is 2.62. The van der Waals surface area contributed by atoms with Crippen LogP contribution < -0.4 is 5.32 Å². The highest BCUT2D eigenvalue weighted by Gasteiger charge is 2.10. The molecule has 5 heteroatoms. The molecule has 1 rings (SSSR count). The zero-order valence-electron chi connectivity index (χ0n) is 9.25. The molecule has 0 spiro atoms. The van der Waals surface area contributed by atoms with Crippen LogP contribution in [0.3, 0.4) is 0 Å². The molecule has 0 saturated carbocycles. The number of amides is 1. The SMILES string of the molecule is CC(C)CC(=O)NCC(=O)c1ccc(Br)s1. The van der Waals surface area contributed by atoms with Gasteiger partial charge in [-0.1, -0.05) is 13.8 Å². The number of hydrogen-bond acceptors (Lipinski definition) is 3. The minimum absolute atomic E-state index is 0.0483. The van der Waals surface area contributed by atoms with Gasteiger partial charge in [-0.15, -0.1) is 11.3 Å². The first-order chi connectivity index (χ1) is 7.49. The third kappa shape index (κ3) is 4.45. The van der Waals surface area contributed by atoms with E-state index in [2.05, 4.69) is 21.2 Å². The first-order valence-electron chi connectivity index (χ1n) is 5.04. The third-order valence-corrected chi connectivity index (χ3v) is 3.55. The zero-order valence-corrected chi connectivity index (χ0v) is 11.7. The molecule has 0 unspecified atom stereocenters. The van der Waals surface area contributed by atoms with E-state index in [0.29, 0.717) is 17.2 Å². The van der Waals surface area contributed by atoms with Crippen molar-refractivity contribution in [2.24, 2.45) is 5.92 Å². The molecule has 16 heavy (non-hydrogen) atoms. The van der Waals surface area contributed by atoms with Crippen molar-refractivity contribution in [2.75, 3.05) is 6.54 Å². The summed E-state index contributed by atoms with van der Waals surface area (Å²) in [5.74, 6) is 0.192. The van der Waals surface area contributed by atoms with Gasteiger partial charge in [0.25, 0.3) is 0 Å². The van der Waals surface area contributed by atoms with Crippen LogP contribution in [0.5, 0.6) is 0 Å². The molecule has 0 aliphatic rings. The Kier molecular flexibility index (Phi) is 5.15. The summed E-state index contributed by atoms with van der Waals surface area (Å²) in [5.41, 5.74) is 0. The van der Waals surface area contributed by atoms with Gasteiger partial charge in [-0.25, -0.2) is 0 Å². The fourth-order valence-electron chi connectivity index (χ4n) is 1.17. The molecule has 0 atom stereocenters. The lowest BCUT2D eigenvalue weighted by atomic mass is 10.1. The summed E-state index contributed by atoms with van der Waals surface area (Å²) < 4.78 is 0.921. The molecule has 0 saturated heterocycles. The largest absolute Gasteiger partial charge is 0.349 e. The van der Waals surface area contributed by atoms with Crippen LogP contribution in [0.2, 0.25) is 0 Å². The lowest BCUT2D eigenvalue weighted by Gasteiger charge is -2.05. The van der Waals surface area contributed by atoms with Gasteiger partial charge in [0.2, 0.25) is 5.91 Å².